The van der Waals surface area contributed by atoms with Crippen LogP contribution in [0.15, 0.2) is 40.3 Å². The molecule has 26 heavy (non-hydrogen) atoms. The van der Waals surface area contributed by atoms with Crippen molar-refractivity contribution in [3.63, 3.8) is 0 Å². The number of hydrogen-bond acceptors (Lipinski definition) is 3. The monoisotopic (exact) mass is 396 g/mol. The fraction of sp³-hybridized carbons (Fsp3) is 0.375. The van der Waals surface area contributed by atoms with E-state index in [1.807, 2.05) is 0 Å². The van der Waals surface area contributed by atoms with Gasteiger partial charge in [-0.15, -0.1) is 0 Å². The maximum Gasteiger partial charge on any atom is 0.433 e. The molecule has 1 heterocycles. The van der Waals surface area contributed by atoms with E-state index in [0.29, 0.717) is 12.5 Å². The van der Waals surface area contributed by atoms with Crippen molar-refractivity contribution in [2.45, 2.75) is 43.2 Å². The molecule has 142 valence electrons. The predicted molar refractivity (Wildman–Crippen MR) is 84.8 cm³/mol. The van der Waals surface area contributed by atoms with Gasteiger partial charge in [0.2, 0.25) is 0 Å². The summed E-state index contributed by atoms with van der Waals surface area (Å²) in [7, 11) is 0. The minimum absolute atomic E-state index is 0.0542. The molecule has 0 aliphatic rings. The van der Waals surface area contributed by atoms with Crippen LogP contribution in [0.2, 0.25) is 0 Å². The number of thioether (sulfide) groups is 1. The summed E-state index contributed by atoms with van der Waals surface area (Å²) >= 11 is 0.788. The average Bonchev–Trinajstić information content (AvgIpc) is 2.54. The van der Waals surface area contributed by atoms with E-state index in [2.05, 4.69) is 4.98 Å². The van der Waals surface area contributed by atoms with Crippen molar-refractivity contribution in [1.29, 1.82) is 0 Å². The van der Waals surface area contributed by atoms with Crippen molar-refractivity contribution in [2.75, 3.05) is 0 Å². The Kier molecular flexibility index (Phi) is 6.05. The third-order valence-electron chi connectivity index (χ3n) is 3.33. The van der Waals surface area contributed by atoms with Gasteiger partial charge in [0.25, 0.3) is 5.56 Å². The van der Waals surface area contributed by atoms with Gasteiger partial charge in [0.15, 0.2) is 10.9 Å². The second kappa shape index (κ2) is 7.73. The summed E-state index contributed by atoms with van der Waals surface area (Å²) in [5.74, 6) is -0.0542. The van der Waals surface area contributed by atoms with Gasteiger partial charge in [0.05, 0.1) is 5.56 Å². The standard InChI is InChI=1S/C16H14F6N2OS/c1-2-6-24-13(25)8-12(16(20,21)22)23-14(24)26-9-10-4-3-5-11(7-10)15(17,18)19/h3-5,7-8H,2,6,9H2,1H3. The van der Waals surface area contributed by atoms with E-state index >= 15 is 0 Å². The number of alkyl halides is 6. The van der Waals surface area contributed by atoms with Crippen molar-refractivity contribution < 1.29 is 26.3 Å². The smallest absolute Gasteiger partial charge is 0.288 e. The quantitative estimate of drug-likeness (QED) is 0.406. The molecule has 0 aliphatic heterocycles. The molecule has 0 amide bonds. The average molecular weight is 396 g/mol. The molecular weight excluding hydrogens is 382 g/mol. The topological polar surface area (TPSA) is 34.9 Å². The first kappa shape index (κ1) is 20.3. The second-order valence-corrected chi connectivity index (χ2v) is 6.34. The number of nitrogens with zero attached hydrogens (tertiary/aromatic N) is 2. The fourth-order valence-electron chi connectivity index (χ4n) is 2.15. The number of halogens is 6. The first-order valence-corrected chi connectivity index (χ1v) is 8.49. The van der Waals surface area contributed by atoms with Crippen LogP contribution in [0, 0.1) is 0 Å². The van der Waals surface area contributed by atoms with Gasteiger partial charge in [-0.25, -0.2) is 4.98 Å². The van der Waals surface area contributed by atoms with Crippen molar-refractivity contribution >= 4 is 11.8 Å². The van der Waals surface area contributed by atoms with E-state index in [-0.39, 0.29) is 23.0 Å². The minimum Gasteiger partial charge on any atom is -0.288 e. The van der Waals surface area contributed by atoms with Gasteiger partial charge in [-0.3, -0.25) is 9.36 Å². The number of rotatable bonds is 5. The van der Waals surface area contributed by atoms with Crippen LogP contribution in [0.4, 0.5) is 26.3 Å². The zero-order valence-electron chi connectivity index (χ0n) is 13.5. The molecule has 1 aromatic heterocycles. The fourth-order valence-corrected chi connectivity index (χ4v) is 3.13. The Balaban J connectivity index is 2.33. The molecule has 10 heteroatoms. The number of benzene rings is 1. The summed E-state index contributed by atoms with van der Waals surface area (Å²) < 4.78 is 77.9. The van der Waals surface area contributed by atoms with Crippen LogP contribution in [-0.2, 0) is 24.7 Å². The van der Waals surface area contributed by atoms with Crippen LogP contribution in [0.3, 0.4) is 0 Å². The maximum atomic E-state index is 12.9. The molecule has 0 bridgehead atoms. The van der Waals surface area contributed by atoms with E-state index in [0.717, 1.165) is 28.5 Å². The van der Waals surface area contributed by atoms with E-state index in [1.54, 1.807) is 6.92 Å². The molecule has 0 radical (unpaired) electrons. The minimum atomic E-state index is -4.78. The molecule has 0 unspecified atom stereocenters. The third kappa shape index (κ3) is 5.03. The van der Waals surface area contributed by atoms with Gasteiger partial charge in [-0.05, 0) is 18.1 Å². The largest absolute Gasteiger partial charge is 0.433 e. The van der Waals surface area contributed by atoms with Gasteiger partial charge >= 0.3 is 12.4 Å². The molecule has 0 aliphatic carbocycles. The molecule has 2 rings (SSSR count). The van der Waals surface area contributed by atoms with Crippen molar-refractivity contribution in [3.8, 4) is 0 Å². The van der Waals surface area contributed by atoms with E-state index < -0.39 is 29.2 Å². The van der Waals surface area contributed by atoms with Crippen LogP contribution in [0.25, 0.3) is 0 Å². The molecule has 0 saturated carbocycles. The lowest BCUT2D eigenvalue weighted by molar-refractivity contribution is -0.142. The molecule has 1 aromatic carbocycles. The van der Waals surface area contributed by atoms with Crippen LogP contribution >= 0.6 is 11.8 Å². The van der Waals surface area contributed by atoms with E-state index in [9.17, 15) is 31.1 Å². The molecule has 0 atom stereocenters. The molecule has 0 N–H and O–H groups in total. The van der Waals surface area contributed by atoms with Crippen molar-refractivity contribution in [3.05, 3.63) is 57.5 Å². The van der Waals surface area contributed by atoms with Crippen LogP contribution in [0.5, 0.6) is 0 Å². The highest BCUT2D eigenvalue weighted by Crippen LogP contribution is 2.32. The Morgan fingerprint density at radius 3 is 2.35 bits per heavy atom. The molecular formula is C16H14F6N2OS. The Labute approximate surface area is 149 Å². The number of aromatic nitrogens is 2. The van der Waals surface area contributed by atoms with Crippen molar-refractivity contribution in [2.24, 2.45) is 0 Å². The summed E-state index contributed by atoms with van der Waals surface area (Å²) in [5, 5.41) is -0.177. The highest BCUT2D eigenvalue weighted by atomic mass is 32.2. The van der Waals surface area contributed by atoms with Gasteiger partial charge in [0.1, 0.15) is 0 Å². The molecule has 0 fully saturated rings. The van der Waals surface area contributed by atoms with Gasteiger partial charge in [-0.2, -0.15) is 26.3 Å². The summed E-state index contributed by atoms with van der Waals surface area (Å²) in [6.07, 6.45) is -8.81. The lowest BCUT2D eigenvalue weighted by Gasteiger charge is -2.14. The first-order chi connectivity index (χ1) is 12.0. The predicted octanol–water partition coefficient (Wildman–Crippen LogP) is 4.98. The summed E-state index contributed by atoms with van der Waals surface area (Å²) in [6, 6.07) is 4.89. The zero-order chi connectivity index (χ0) is 19.5. The van der Waals surface area contributed by atoms with Gasteiger partial charge in [-0.1, -0.05) is 36.9 Å². The highest BCUT2D eigenvalue weighted by Gasteiger charge is 2.34. The zero-order valence-corrected chi connectivity index (χ0v) is 14.3. The third-order valence-corrected chi connectivity index (χ3v) is 4.38. The Bertz CT molecular complexity index is 829. The number of hydrogen-bond donors (Lipinski definition) is 0. The second-order valence-electron chi connectivity index (χ2n) is 5.40. The maximum absolute atomic E-state index is 12.9. The SMILES string of the molecule is CCCn1c(SCc2cccc(C(F)(F)F)c2)nc(C(F)(F)F)cc1=O. The highest BCUT2D eigenvalue weighted by molar-refractivity contribution is 7.98. The lowest BCUT2D eigenvalue weighted by atomic mass is 10.1. The van der Waals surface area contributed by atoms with Crippen molar-refractivity contribution in [1.82, 2.24) is 9.55 Å². The van der Waals surface area contributed by atoms with E-state index in [4.69, 9.17) is 0 Å². The Morgan fingerprint density at radius 1 is 1.08 bits per heavy atom. The summed E-state index contributed by atoms with van der Waals surface area (Å²) in [5.41, 5.74) is -2.75. The molecule has 0 saturated heterocycles. The molecule has 2 aromatic rings. The van der Waals surface area contributed by atoms with Gasteiger partial charge < -0.3 is 0 Å². The first-order valence-electron chi connectivity index (χ1n) is 7.50. The summed E-state index contributed by atoms with van der Waals surface area (Å²) in [4.78, 5) is 15.4. The molecule has 3 nitrogen and oxygen atoms in total. The summed E-state index contributed by atoms with van der Waals surface area (Å²) in [6.45, 7) is 1.90. The lowest BCUT2D eigenvalue weighted by Crippen LogP contribution is -2.26. The van der Waals surface area contributed by atoms with Crippen LogP contribution in [-0.4, -0.2) is 9.55 Å². The van der Waals surface area contributed by atoms with Gasteiger partial charge in [0, 0.05) is 18.4 Å². The Morgan fingerprint density at radius 2 is 1.77 bits per heavy atom. The van der Waals surface area contributed by atoms with Crippen LogP contribution in [0.1, 0.15) is 30.2 Å². The Hall–Kier alpha value is -1.97. The van der Waals surface area contributed by atoms with Crippen LogP contribution < -0.4 is 5.56 Å². The molecule has 0 spiro atoms. The van der Waals surface area contributed by atoms with E-state index in [1.165, 1.54) is 12.1 Å². The normalized spacial score (nSPS) is 12.4.